The molecule has 0 aromatic heterocycles. The molecule has 1 heterocycles. The fourth-order valence-electron chi connectivity index (χ4n) is 3.64. The van der Waals surface area contributed by atoms with Crippen molar-refractivity contribution in [3.05, 3.63) is 87.9 Å². The molecule has 0 bridgehead atoms. The lowest BCUT2D eigenvalue weighted by atomic mass is 10.0. The highest BCUT2D eigenvalue weighted by Gasteiger charge is 2.30. The van der Waals surface area contributed by atoms with Crippen LogP contribution in [0.15, 0.2) is 59.5 Å². The summed E-state index contributed by atoms with van der Waals surface area (Å²) < 4.78 is 55.9. The summed E-state index contributed by atoms with van der Waals surface area (Å²) in [6.07, 6.45) is 1.24. The summed E-state index contributed by atoms with van der Waals surface area (Å²) in [5, 5.41) is 2.54. The van der Waals surface area contributed by atoms with Gasteiger partial charge in [-0.25, -0.2) is 17.2 Å². The Morgan fingerprint density at radius 1 is 1.06 bits per heavy atom. The molecule has 3 aromatic carbocycles. The van der Waals surface area contributed by atoms with Crippen molar-refractivity contribution in [2.24, 2.45) is 0 Å². The van der Waals surface area contributed by atoms with Gasteiger partial charge in [-0.15, -0.1) is 0 Å². The van der Waals surface area contributed by atoms with E-state index in [1.54, 1.807) is 19.1 Å². The summed E-state index contributed by atoms with van der Waals surface area (Å²) in [7, 11) is -4.03. The average molecular weight is 477 g/mol. The molecule has 0 unspecified atom stereocenters. The number of aryl methyl sites for hydroxylation is 2. The van der Waals surface area contributed by atoms with E-state index in [4.69, 9.17) is 11.6 Å². The highest BCUT2D eigenvalue weighted by molar-refractivity contribution is 7.92. The number of amides is 1. The van der Waals surface area contributed by atoms with Crippen LogP contribution in [0.1, 0.15) is 27.9 Å². The van der Waals surface area contributed by atoms with Crippen LogP contribution in [0.25, 0.3) is 0 Å². The number of halogens is 3. The quantitative estimate of drug-likeness (QED) is 0.554. The summed E-state index contributed by atoms with van der Waals surface area (Å²) in [6.45, 7) is 1.76. The molecule has 0 radical (unpaired) electrons. The Kier molecular flexibility index (Phi) is 5.92. The first-order valence-electron chi connectivity index (χ1n) is 9.85. The Morgan fingerprint density at radius 2 is 1.84 bits per heavy atom. The van der Waals surface area contributed by atoms with Crippen molar-refractivity contribution in [1.82, 2.24) is 0 Å². The molecule has 1 N–H and O–H groups in total. The predicted molar refractivity (Wildman–Crippen MR) is 120 cm³/mol. The molecular formula is C23H19ClF2N2O3S. The molecule has 0 aliphatic carbocycles. The zero-order chi connectivity index (χ0) is 23.0. The number of fused-ring (bicyclic) bond motifs is 1. The van der Waals surface area contributed by atoms with Crippen LogP contribution in [0.5, 0.6) is 0 Å². The summed E-state index contributed by atoms with van der Waals surface area (Å²) in [5.74, 6) is -2.12. The van der Waals surface area contributed by atoms with Gasteiger partial charge in [0, 0.05) is 12.2 Å². The fraction of sp³-hybridized carbons (Fsp3) is 0.174. The van der Waals surface area contributed by atoms with Crippen LogP contribution in [0, 0.1) is 18.6 Å². The first kappa shape index (κ1) is 22.2. The van der Waals surface area contributed by atoms with Crippen LogP contribution in [-0.2, 0) is 16.4 Å². The highest BCUT2D eigenvalue weighted by atomic mass is 35.5. The van der Waals surface area contributed by atoms with Gasteiger partial charge in [-0.2, -0.15) is 0 Å². The third-order valence-electron chi connectivity index (χ3n) is 5.34. The maximum atomic E-state index is 14.1. The number of rotatable bonds is 4. The number of benzene rings is 3. The Balaban J connectivity index is 1.69. The Hall–Kier alpha value is -2.97. The number of hydrogen-bond donors (Lipinski definition) is 1. The molecule has 0 spiro atoms. The van der Waals surface area contributed by atoms with E-state index in [1.807, 2.05) is 0 Å². The summed E-state index contributed by atoms with van der Waals surface area (Å²) in [5.41, 5.74) is 1.49. The molecule has 166 valence electrons. The van der Waals surface area contributed by atoms with E-state index in [9.17, 15) is 22.0 Å². The summed E-state index contributed by atoms with van der Waals surface area (Å²) in [6, 6.07) is 12.6. The zero-order valence-electron chi connectivity index (χ0n) is 17.0. The average Bonchev–Trinajstić information content (AvgIpc) is 2.75. The van der Waals surface area contributed by atoms with Crippen LogP contribution < -0.4 is 9.62 Å². The van der Waals surface area contributed by atoms with Crippen molar-refractivity contribution in [3.8, 4) is 0 Å². The van der Waals surface area contributed by atoms with Crippen LogP contribution in [0.4, 0.5) is 20.2 Å². The van der Waals surface area contributed by atoms with E-state index in [-0.39, 0.29) is 27.7 Å². The van der Waals surface area contributed by atoms with E-state index in [2.05, 4.69) is 5.32 Å². The van der Waals surface area contributed by atoms with Crippen molar-refractivity contribution in [2.75, 3.05) is 16.2 Å². The number of nitrogens with zero attached hydrogens (tertiary/aromatic N) is 1. The Morgan fingerprint density at radius 3 is 2.56 bits per heavy atom. The van der Waals surface area contributed by atoms with Crippen LogP contribution in [-0.4, -0.2) is 20.9 Å². The van der Waals surface area contributed by atoms with Gasteiger partial charge in [-0.1, -0.05) is 29.8 Å². The number of carbonyl (C=O) groups excluding carboxylic acids is 1. The van der Waals surface area contributed by atoms with Crippen molar-refractivity contribution in [3.63, 3.8) is 0 Å². The minimum Gasteiger partial charge on any atom is -0.322 e. The van der Waals surface area contributed by atoms with Gasteiger partial charge in [0.05, 0.1) is 21.2 Å². The van der Waals surface area contributed by atoms with E-state index < -0.39 is 27.6 Å². The van der Waals surface area contributed by atoms with Crippen LogP contribution in [0.3, 0.4) is 0 Å². The zero-order valence-corrected chi connectivity index (χ0v) is 18.6. The maximum Gasteiger partial charge on any atom is 0.264 e. The topological polar surface area (TPSA) is 66.5 Å². The third-order valence-corrected chi connectivity index (χ3v) is 7.46. The van der Waals surface area contributed by atoms with Crippen molar-refractivity contribution < 1.29 is 22.0 Å². The molecule has 5 nitrogen and oxygen atoms in total. The molecule has 0 saturated carbocycles. The third kappa shape index (κ3) is 4.08. The predicted octanol–water partition coefficient (Wildman–Crippen LogP) is 5.32. The van der Waals surface area contributed by atoms with Gasteiger partial charge >= 0.3 is 0 Å². The molecule has 0 atom stereocenters. The van der Waals surface area contributed by atoms with Crippen LogP contribution >= 0.6 is 11.6 Å². The molecule has 9 heteroatoms. The normalized spacial score (nSPS) is 13.6. The van der Waals surface area contributed by atoms with Gasteiger partial charge < -0.3 is 5.32 Å². The first-order valence-corrected chi connectivity index (χ1v) is 11.7. The molecule has 4 rings (SSSR count). The second kappa shape index (κ2) is 8.52. The van der Waals surface area contributed by atoms with Gasteiger partial charge in [0.2, 0.25) is 0 Å². The molecule has 0 fully saturated rings. The minimum atomic E-state index is -4.03. The van der Waals surface area contributed by atoms with Crippen molar-refractivity contribution >= 4 is 38.9 Å². The summed E-state index contributed by atoms with van der Waals surface area (Å²) in [4.78, 5) is 12.4. The largest absolute Gasteiger partial charge is 0.322 e. The van der Waals surface area contributed by atoms with Gasteiger partial charge in [-0.3, -0.25) is 9.10 Å². The van der Waals surface area contributed by atoms with Gasteiger partial charge in [-0.05, 0) is 67.3 Å². The van der Waals surface area contributed by atoms with Crippen molar-refractivity contribution in [2.45, 2.75) is 24.7 Å². The number of hydrogen-bond acceptors (Lipinski definition) is 3. The van der Waals surface area contributed by atoms with E-state index in [1.165, 1.54) is 34.6 Å². The molecule has 1 amide bonds. The van der Waals surface area contributed by atoms with E-state index >= 15 is 0 Å². The van der Waals surface area contributed by atoms with Crippen LogP contribution in [0.2, 0.25) is 5.02 Å². The molecular weight excluding hydrogens is 458 g/mol. The number of carbonyl (C=O) groups is 1. The lowest BCUT2D eigenvalue weighted by molar-refractivity contribution is 0.102. The number of sulfonamides is 1. The standard InChI is InChI=1S/C23H19ClF2N2O3S/c1-14-7-10-17(13-20(14)26)32(30,31)28-11-3-4-15-8-9-16(12-21(15)28)27-23(29)22-18(24)5-2-6-19(22)25/h2,5-10,12-13H,3-4,11H2,1H3,(H,27,29). The Bertz CT molecular complexity index is 1310. The smallest absolute Gasteiger partial charge is 0.264 e. The highest BCUT2D eigenvalue weighted by Crippen LogP contribution is 2.35. The second-order valence-electron chi connectivity index (χ2n) is 7.49. The monoisotopic (exact) mass is 476 g/mol. The molecule has 1 aliphatic heterocycles. The first-order chi connectivity index (χ1) is 15.2. The van der Waals surface area contributed by atoms with Gasteiger partial charge in [0.15, 0.2) is 0 Å². The molecule has 3 aromatic rings. The van der Waals surface area contributed by atoms with Gasteiger partial charge in [0.1, 0.15) is 11.6 Å². The lowest BCUT2D eigenvalue weighted by Gasteiger charge is -2.31. The molecule has 1 aliphatic rings. The second-order valence-corrected chi connectivity index (χ2v) is 9.76. The van der Waals surface area contributed by atoms with E-state index in [0.717, 1.165) is 17.7 Å². The Labute approximate surface area is 189 Å². The number of nitrogens with one attached hydrogen (secondary N) is 1. The van der Waals surface area contributed by atoms with Crippen molar-refractivity contribution in [1.29, 1.82) is 0 Å². The molecule has 0 saturated heterocycles. The maximum absolute atomic E-state index is 14.1. The SMILES string of the molecule is Cc1ccc(S(=O)(=O)N2CCCc3ccc(NC(=O)c4c(F)cccc4Cl)cc32)cc1F. The summed E-state index contributed by atoms with van der Waals surface area (Å²) >= 11 is 5.96. The fourth-order valence-corrected chi connectivity index (χ4v) is 5.43. The molecule has 32 heavy (non-hydrogen) atoms. The van der Waals surface area contributed by atoms with E-state index in [0.29, 0.717) is 24.1 Å². The number of anilines is 2. The van der Waals surface area contributed by atoms with Gasteiger partial charge in [0.25, 0.3) is 15.9 Å². The minimum absolute atomic E-state index is 0.0361. The lowest BCUT2D eigenvalue weighted by Crippen LogP contribution is -2.35.